The average molecular weight is 297 g/mol. The molecule has 1 aliphatic rings. The van der Waals surface area contributed by atoms with E-state index >= 15 is 0 Å². The molecule has 0 heterocycles. The maximum absolute atomic E-state index is 13.3. The van der Waals surface area contributed by atoms with Gasteiger partial charge in [0.2, 0.25) is 0 Å². The van der Waals surface area contributed by atoms with Crippen LogP contribution < -0.4 is 0 Å². The van der Waals surface area contributed by atoms with E-state index < -0.39 is 0 Å². The Morgan fingerprint density at radius 2 is 1.77 bits per heavy atom. The molecule has 0 unspecified atom stereocenters. The quantitative estimate of drug-likeness (QED) is 0.804. The number of benzene rings is 2. The Hall–Kier alpha value is -1.67. The standard InChI is InChI=1S/C20H24FN/c1-22(2)14-13-17-8-7-15-5-3-4-6-19(15)20(17)16-9-11-18(21)12-10-16/h3-6,9-12,17,20H,7-8,13-14H2,1-2H3/t17-,20+/m1/s1. The lowest BCUT2D eigenvalue weighted by Crippen LogP contribution is -2.25. The number of halogens is 1. The number of nitrogens with zero attached hydrogens (tertiary/aromatic N) is 1. The van der Waals surface area contributed by atoms with Gasteiger partial charge >= 0.3 is 0 Å². The highest BCUT2D eigenvalue weighted by Crippen LogP contribution is 2.42. The van der Waals surface area contributed by atoms with Crippen molar-refractivity contribution in [2.75, 3.05) is 20.6 Å². The van der Waals surface area contributed by atoms with Gasteiger partial charge in [0, 0.05) is 5.92 Å². The van der Waals surface area contributed by atoms with Crippen molar-refractivity contribution in [2.24, 2.45) is 5.92 Å². The summed E-state index contributed by atoms with van der Waals surface area (Å²) >= 11 is 0. The van der Waals surface area contributed by atoms with Gasteiger partial charge in [-0.1, -0.05) is 36.4 Å². The summed E-state index contributed by atoms with van der Waals surface area (Å²) in [6.07, 6.45) is 3.56. The van der Waals surface area contributed by atoms with Crippen molar-refractivity contribution in [1.82, 2.24) is 4.90 Å². The first kappa shape index (κ1) is 15.2. The van der Waals surface area contributed by atoms with Crippen LogP contribution in [0.3, 0.4) is 0 Å². The van der Waals surface area contributed by atoms with E-state index in [1.54, 1.807) is 12.1 Å². The molecule has 2 heteroatoms. The predicted molar refractivity (Wildman–Crippen MR) is 89.7 cm³/mol. The Kier molecular flexibility index (Phi) is 4.58. The summed E-state index contributed by atoms with van der Waals surface area (Å²) in [7, 11) is 4.26. The Bertz CT molecular complexity index is 618. The van der Waals surface area contributed by atoms with Gasteiger partial charge in [-0.25, -0.2) is 4.39 Å². The molecule has 2 aromatic rings. The predicted octanol–water partition coefficient (Wildman–Crippen LogP) is 4.47. The lowest BCUT2D eigenvalue weighted by molar-refractivity contribution is 0.311. The van der Waals surface area contributed by atoms with Gasteiger partial charge < -0.3 is 4.90 Å². The molecule has 0 aliphatic heterocycles. The van der Waals surface area contributed by atoms with Crippen LogP contribution in [0.2, 0.25) is 0 Å². The lowest BCUT2D eigenvalue weighted by atomic mass is 9.70. The summed E-state index contributed by atoms with van der Waals surface area (Å²) in [5, 5.41) is 0. The van der Waals surface area contributed by atoms with Gasteiger partial charge in [0.1, 0.15) is 5.82 Å². The molecular weight excluding hydrogens is 273 g/mol. The molecule has 0 saturated heterocycles. The van der Waals surface area contributed by atoms with Crippen LogP contribution in [-0.2, 0) is 6.42 Å². The average Bonchev–Trinajstić information content (AvgIpc) is 2.53. The van der Waals surface area contributed by atoms with Crippen LogP contribution in [0.4, 0.5) is 4.39 Å². The Labute approximate surface area is 132 Å². The fraction of sp³-hybridized carbons (Fsp3) is 0.400. The fourth-order valence-electron chi connectivity index (χ4n) is 3.68. The Morgan fingerprint density at radius 1 is 1.05 bits per heavy atom. The molecule has 0 fully saturated rings. The van der Waals surface area contributed by atoms with Crippen molar-refractivity contribution in [3.8, 4) is 0 Å². The monoisotopic (exact) mass is 297 g/mol. The molecule has 0 spiro atoms. The molecule has 0 saturated carbocycles. The second-order valence-corrected chi connectivity index (χ2v) is 6.62. The number of hydrogen-bond donors (Lipinski definition) is 0. The Balaban J connectivity index is 1.96. The molecule has 2 atom stereocenters. The molecule has 0 bridgehead atoms. The third-order valence-electron chi connectivity index (χ3n) is 4.82. The first-order chi connectivity index (χ1) is 10.6. The molecule has 3 rings (SSSR count). The normalized spacial score (nSPS) is 20.9. The van der Waals surface area contributed by atoms with Gasteiger partial charge in [-0.15, -0.1) is 0 Å². The minimum absolute atomic E-state index is 0.155. The maximum Gasteiger partial charge on any atom is 0.123 e. The fourth-order valence-corrected chi connectivity index (χ4v) is 3.68. The minimum atomic E-state index is -0.155. The smallest absolute Gasteiger partial charge is 0.123 e. The van der Waals surface area contributed by atoms with E-state index in [1.807, 2.05) is 12.1 Å². The van der Waals surface area contributed by atoms with Crippen molar-refractivity contribution < 1.29 is 4.39 Å². The molecule has 2 aromatic carbocycles. The van der Waals surface area contributed by atoms with Crippen LogP contribution in [0.15, 0.2) is 48.5 Å². The topological polar surface area (TPSA) is 3.24 Å². The van der Waals surface area contributed by atoms with Crippen molar-refractivity contribution >= 4 is 0 Å². The van der Waals surface area contributed by atoms with Crippen LogP contribution >= 0.6 is 0 Å². The first-order valence-corrected chi connectivity index (χ1v) is 8.13. The van der Waals surface area contributed by atoms with Gasteiger partial charge in [0.25, 0.3) is 0 Å². The van der Waals surface area contributed by atoms with Crippen molar-refractivity contribution in [3.63, 3.8) is 0 Å². The molecule has 0 radical (unpaired) electrons. The summed E-state index contributed by atoms with van der Waals surface area (Å²) in [6, 6.07) is 15.9. The van der Waals surface area contributed by atoms with E-state index in [4.69, 9.17) is 0 Å². The highest BCUT2D eigenvalue weighted by atomic mass is 19.1. The zero-order valence-electron chi connectivity index (χ0n) is 13.4. The summed E-state index contributed by atoms with van der Waals surface area (Å²) in [5.41, 5.74) is 4.14. The van der Waals surface area contributed by atoms with E-state index in [-0.39, 0.29) is 5.82 Å². The van der Waals surface area contributed by atoms with Gasteiger partial charge in [-0.2, -0.15) is 0 Å². The van der Waals surface area contributed by atoms with E-state index in [9.17, 15) is 4.39 Å². The highest BCUT2D eigenvalue weighted by Gasteiger charge is 2.30. The number of fused-ring (bicyclic) bond motifs is 1. The van der Waals surface area contributed by atoms with E-state index in [0.29, 0.717) is 11.8 Å². The molecule has 0 aromatic heterocycles. The van der Waals surface area contributed by atoms with Crippen molar-refractivity contribution in [2.45, 2.75) is 25.2 Å². The summed E-state index contributed by atoms with van der Waals surface area (Å²) in [6.45, 7) is 1.10. The van der Waals surface area contributed by atoms with Crippen LogP contribution in [0.25, 0.3) is 0 Å². The molecule has 0 N–H and O–H groups in total. The maximum atomic E-state index is 13.3. The highest BCUT2D eigenvalue weighted by molar-refractivity contribution is 5.41. The summed E-state index contributed by atoms with van der Waals surface area (Å²) in [5.74, 6) is 0.867. The van der Waals surface area contributed by atoms with Gasteiger partial charge in [0.05, 0.1) is 0 Å². The SMILES string of the molecule is CN(C)CC[C@H]1CCc2ccccc2[C@H]1c1ccc(F)cc1. The van der Waals surface area contributed by atoms with Crippen LogP contribution in [0, 0.1) is 11.7 Å². The molecule has 116 valence electrons. The molecule has 1 nitrogen and oxygen atoms in total. The van der Waals surface area contributed by atoms with E-state index in [0.717, 1.165) is 13.0 Å². The minimum Gasteiger partial charge on any atom is -0.309 e. The molecule has 1 aliphatic carbocycles. The van der Waals surface area contributed by atoms with Crippen LogP contribution in [-0.4, -0.2) is 25.5 Å². The zero-order chi connectivity index (χ0) is 15.5. The lowest BCUT2D eigenvalue weighted by Gasteiger charge is -2.35. The van der Waals surface area contributed by atoms with Crippen LogP contribution in [0.5, 0.6) is 0 Å². The largest absolute Gasteiger partial charge is 0.309 e. The van der Waals surface area contributed by atoms with Crippen molar-refractivity contribution in [1.29, 1.82) is 0 Å². The van der Waals surface area contributed by atoms with Gasteiger partial charge in [0.15, 0.2) is 0 Å². The summed E-state index contributed by atoms with van der Waals surface area (Å²) < 4.78 is 13.3. The third kappa shape index (κ3) is 3.22. The van der Waals surface area contributed by atoms with Crippen LogP contribution in [0.1, 0.15) is 35.4 Å². The molecule has 22 heavy (non-hydrogen) atoms. The third-order valence-corrected chi connectivity index (χ3v) is 4.82. The molecule has 0 amide bonds. The second-order valence-electron chi connectivity index (χ2n) is 6.62. The van der Waals surface area contributed by atoms with Gasteiger partial charge in [-0.3, -0.25) is 0 Å². The Morgan fingerprint density at radius 3 is 2.50 bits per heavy atom. The second kappa shape index (κ2) is 6.62. The van der Waals surface area contributed by atoms with E-state index in [2.05, 4.69) is 43.3 Å². The number of rotatable bonds is 4. The summed E-state index contributed by atoms with van der Waals surface area (Å²) in [4.78, 5) is 2.25. The molecular formula is C20H24FN. The first-order valence-electron chi connectivity index (χ1n) is 8.13. The van der Waals surface area contributed by atoms with Crippen molar-refractivity contribution in [3.05, 3.63) is 71.0 Å². The van der Waals surface area contributed by atoms with Gasteiger partial charge in [-0.05, 0) is 74.6 Å². The zero-order valence-corrected chi connectivity index (χ0v) is 13.4. The number of hydrogen-bond acceptors (Lipinski definition) is 1. The number of aryl methyl sites for hydroxylation is 1. The van der Waals surface area contributed by atoms with E-state index in [1.165, 1.54) is 29.5 Å².